The van der Waals surface area contributed by atoms with Crippen molar-refractivity contribution in [3.8, 4) is 5.75 Å². The average Bonchev–Trinajstić information content (AvgIpc) is 2.59. The van der Waals surface area contributed by atoms with Crippen molar-refractivity contribution in [1.82, 2.24) is 0 Å². The van der Waals surface area contributed by atoms with Crippen LogP contribution in [0.4, 0.5) is 0 Å². The molecule has 0 saturated carbocycles. The predicted molar refractivity (Wildman–Crippen MR) is 95.2 cm³/mol. The Morgan fingerprint density at radius 2 is 1.57 bits per heavy atom. The average molecular weight is 310 g/mol. The zero-order valence-electron chi connectivity index (χ0n) is 14.1. The molecular formula is C21H26O2. The van der Waals surface area contributed by atoms with Crippen molar-refractivity contribution in [2.75, 3.05) is 0 Å². The fraction of sp³-hybridized carbons (Fsp3) is 0.381. The second kappa shape index (κ2) is 8.52. The molecule has 0 amide bonds. The highest BCUT2D eigenvalue weighted by Gasteiger charge is 2.18. The molecule has 2 aromatic rings. The third-order valence-corrected chi connectivity index (χ3v) is 4.24. The zero-order valence-corrected chi connectivity index (χ0v) is 14.1. The quantitative estimate of drug-likeness (QED) is 0.671. The third-order valence-electron chi connectivity index (χ3n) is 4.24. The minimum atomic E-state index is -0.108. The molecule has 0 atom stereocenters. The third kappa shape index (κ3) is 4.22. The molecular weight excluding hydrogens is 284 g/mol. The number of carbonyl (C=O) groups is 1. The number of unbranched alkanes of at least 4 members (excludes halogenated alkanes) is 2. The van der Waals surface area contributed by atoms with E-state index in [4.69, 9.17) is 0 Å². The summed E-state index contributed by atoms with van der Waals surface area (Å²) in [5.41, 5.74) is 3.18. The summed E-state index contributed by atoms with van der Waals surface area (Å²) in [6, 6.07) is 13.0. The molecule has 2 rings (SSSR count). The van der Waals surface area contributed by atoms with Gasteiger partial charge in [-0.1, -0.05) is 63.1 Å². The van der Waals surface area contributed by atoms with E-state index < -0.39 is 0 Å². The number of aromatic hydroxyl groups is 1. The zero-order chi connectivity index (χ0) is 16.7. The maximum absolute atomic E-state index is 12.7. The summed E-state index contributed by atoms with van der Waals surface area (Å²) in [5, 5.41) is 10.7. The monoisotopic (exact) mass is 310 g/mol. The predicted octanol–water partition coefficient (Wildman–Crippen LogP) is 5.31. The Hall–Kier alpha value is -2.09. The van der Waals surface area contributed by atoms with Crippen LogP contribution in [0, 0.1) is 0 Å². The van der Waals surface area contributed by atoms with Gasteiger partial charge in [0.1, 0.15) is 5.75 Å². The molecule has 0 aliphatic heterocycles. The molecule has 122 valence electrons. The summed E-state index contributed by atoms with van der Waals surface area (Å²) in [6.07, 6.45) is 6.11. The molecule has 0 unspecified atom stereocenters. The van der Waals surface area contributed by atoms with Crippen LogP contribution >= 0.6 is 0 Å². The van der Waals surface area contributed by atoms with Crippen molar-refractivity contribution in [2.45, 2.75) is 52.4 Å². The molecule has 0 bridgehead atoms. The smallest absolute Gasteiger partial charge is 0.196 e. The highest BCUT2D eigenvalue weighted by molar-refractivity contribution is 6.10. The summed E-state index contributed by atoms with van der Waals surface area (Å²) in [7, 11) is 0. The standard InChI is InChI=1S/C21H26O2/c1-3-5-10-16-14-15-19(21(23)18(16)13-6-4-2)20(22)17-11-8-7-9-12-17/h7-9,11-12,14-15,23H,3-6,10,13H2,1-2H3. The van der Waals surface area contributed by atoms with Crippen LogP contribution in [0.3, 0.4) is 0 Å². The molecule has 0 heterocycles. The Bertz CT molecular complexity index is 644. The summed E-state index contributed by atoms with van der Waals surface area (Å²) in [6.45, 7) is 4.31. The van der Waals surface area contributed by atoms with Crippen molar-refractivity contribution in [3.63, 3.8) is 0 Å². The molecule has 0 spiro atoms. The molecule has 23 heavy (non-hydrogen) atoms. The molecule has 2 aromatic carbocycles. The first kappa shape index (κ1) is 17.3. The van der Waals surface area contributed by atoms with E-state index >= 15 is 0 Å². The fourth-order valence-electron chi connectivity index (χ4n) is 2.84. The van der Waals surface area contributed by atoms with E-state index in [0.717, 1.165) is 44.1 Å². The largest absolute Gasteiger partial charge is 0.507 e. The molecule has 0 aliphatic carbocycles. The summed E-state index contributed by atoms with van der Waals surface area (Å²) < 4.78 is 0. The van der Waals surface area contributed by atoms with E-state index in [0.29, 0.717) is 11.1 Å². The Kier molecular flexibility index (Phi) is 6.40. The normalized spacial score (nSPS) is 10.7. The van der Waals surface area contributed by atoms with Gasteiger partial charge in [-0.25, -0.2) is 0 Å². The lowest BCUT2D eigenvalue weighted by Gasteiger charge is -2.14. The van der Waals surface area contributed by atoms with E-state index in [9.17, 15) is 9.90 Å². The molecule has 0 saturated heterocycles. The van der Waals surface area contributed by atoms with Gasteiger partial charge in [-0.3, -0.25) is 4.79 Å². The van der Waals surface area contributed by atoms with Crippen molar-refractivity contribution in [1.29, 1.82) is 0 Å². The minimum absolute atomic E-state index is 0.108. The molecule has 0 radical (unpaired) electrons. The van der Waals surface area contributed by atoms with Crippen LogP contribution in [0.15, 0.2) is 42.5 Å². The van der Waals surface area contributed by atoms with E-state index in [1.165, 1.54) is 5.56 Å². The van der Waals surface area contributed by atoms with Crippen LogP contribution in [0.25, 0.3) is 0 Å². The van der Waals surface area contributed by atoms with Gasteiger partial charge in [0.2, 0.25) is 0 Å². The van der Waals surface area contributed by atoms with Crippen LogP contribution in [-0.2, 0) is 12.8 Å². The van der Waals surface area contributed by atoms with Gasteiger partial charge in [0, 0.05) is 5.56 Å². The fourth-order valence-corrected chi connectivity index (χ4v) is 2.84. The first-order valence-corrected chi connectivity index (χ1v) is 8.62. The number of carbonyl (C=O) groups excluding carboxylic acids is 1. The molecule has 2 heteroatoms. The number of phenolic OH excluding ortho intramolecular Hbond substituents is 1. The first-order valence-electron chi connectivity index (χ1n) is 8.62. The van der Waals surface area contributed by atoms with Gasteiger partial charge in [0.05, 0.1) is 5.56 Å². The Balaban J connectivity index is 2.39. The molecule has 0 aromatic heterocycles. The van der Waals surface area contributed by atoms with E-state index in [1.54, 1.807) is 18.2 Å². The highest BCUT2D eigenvalue weighted by atomic mass is 16.3. The molecule has 2 nitrogen and oxygen atoms in total. The van der Waals surface area contributed by atoms with Crippen molar-refractivity contribution >= 4 is 5.78 Å². The van der Waals surface area contributed by atoms with E-state index in [1.807, 2.05) is 24.3 Å². The number of benzene rings is 2. The van der Waals surface area contributed by atoms with Gasteiger partial charge in [-0.05, 0) is 42.9 Å². The number of ketones is 1. The second-order valence-corrected chi connectivity index (χ2v) is 6.00. The van der Waals surface area contributed by atoms with Crippen LogP contribution in [0.2, 0.25) is 0 Å². The number of hydrogen-bond acceptors (Lipinski definition) is 2. The maximum atomic E-state index is 12.7. The van der Waals surface area contributed by atoms with Crippen molar-refractivity contribution in [2.24, 2.45) is 0 Å². The van der Waals surface area contributed by atoms with Gasteiger partial charge in [-0.2, -0.15) is 0 Å². The number of aryl methyl sites for hydroxylation is 1. The van der Waals surface area contributed by atoms with Crippen molar-refractivity contribution < 1.29 is 9.90 Å². The number of hydrogen-bond donors (Lipinski definition) is 1. The molecule has 0 aliphatic rings. The number of rotatable bonds is 8. The van der Waals surface area contributed by atoms with Crippen LogP contribution in [-0.4, -0.2) is 10.9 Å². The van der Waals surface area contributed by atoms with Crippen LogP contribution in [0.1, 0.15) is 66.6 Å². The van der Waals surface area contributed by atoms with E-state index in [2.05, 4.69) is 13.8 Å². The van der Waals surface area contributed by atoms with Crippen molar-refractivity contribution in [3.05, 3.63) is 64.7 Å². The SMILES string of the molecule is CCCCc1ccc(C(=O)c2ccccc2)c(O)c1CCCC. The van der Waals surface area contributed by atoms with Gasteiger partial charge in [0.15, 0.2) is 5.78 Å². The van der Waals surface area contributed by atoms with Gasteiger partial charge >= 0.3 is 0 Å². The van der Waals surface area contributed by atoms with E-state index in [-0.39, 0.29) is 11.5 Å². The van der Waals surface area contributed by atoms with Gasteiger partial charge < -0.3 is 5.11 Å². The summed E-state index contributed by atoms with van der Waals surface area (Å²) in [4.78, 5) is 12.7. The van der Waals surface area contributed by atoms with Crippen LogP contribution < -0.4 is 0 Å². The minimum Gasteiger partial charge on any atom is -0.507 e. The summed E-state index contributed by atoms with van der Waals surface area (Å²) in [5.74, 6) is 0.0730. The lowest BCUT2D eigenvalue weighted by Crippen LogP contribution is -2.05. The Morgan fingerprint density at radius 1 is 0.913 bits per heavy atom. The maximum Gasteiger partial charge on any atom is 0.196 e. The lowest BCUT2D eigenvalue weighted by atomic mass is 9.92. The summed E-state index contributed by atoms with van der Waals surface area (Å²) >= 11 is 0. The highest BCUT2D eigenvalue weighted by Crippen LogP contribution is 2.30. The van der Waals surface area contributed by atoms with Crippen LogP contribution in [0.5, 0.6) is 5.75 Å². The first-order chi connectivity index (χ1) is 11.2. The Morgan fingerprint density at radius 3 is 2.22 bits per heavy atom. The lowest BCUT2D eigenvalue weighted by molar-refractivity contribution is 0.103. The van der Waals surface area contributed by atoms with Gasteiger partial charge in [-0.15, -0.1) is 0 Å². The molecule has 0 fully saturated rings. The number of phenols is 1. The Labute approximate surface area is 139 Å². The van der Waals surface area contributed by atoms with Gasteiger partial charge in [0.25, 0.3) is 0 Å². The topological polar surface area (TPSA) is 37.3 Å². The molecule has 1 N–H and O–H groups in total. The second-order valence-electron chi connectivity index (χ2n) is 6.00.